The Morgan fingerprint density at radius 1 is 1.17 bits per heavy atom. The van der Waals surface area contributed by atoms with Crippen molar-refractivity contribution in [3.63, 3.8) is 0 Å². The maximum absolute atomic E-state index is 12.1. The molecular formula is C24H30N4O2. The number of rotatable bonds is 6. The molecule has 0 aliphatic carbocycles. The van der Waals surface area contributed by atoms with Crippen LogP contribution in [0.4, 0.5) is 0 Å². The summed E-state index contributed by atoms with van der Waals surface area (Å²) in [5, 5.41) is 4.53. The molecule has 158 valence electrons. The lowest BCUT2D eigenvalue weighted by atomic mass is 9.93. The molecule has 1 saturated heterocycles. The van der Waals surface area contributed by atoms with Crippen LogP contribution in [0.3, 0.4) is 0 Å². The quantitative estimate of drug-likeness (QED) is 0.620. The topological polar surface area (TPSA) is 61.9 Å². The maximum atomic E-state index is 12.1. The van der Waals surface area contributed by atoms with E-state index in [0.29, 0.717) is 18.4 Å². The molecule has 6 nitrogen and oxygen atoms in total. The first-order chi connectivity index (χ1) is 14.5. The maximum Gasteiger partial charge on any atom is 0.250 e. The van der Waals surface area contributed by atoms with Crippen LogP contribution in [0.1, 0.15) is 37.9 Å². The first-order valence-electron chi connectivity index (χ1n) is 10.8. The summed E-state index contributed by atoms with van der Waals surface area (Å²) in [6.07, 6.45) is 11.0. The average Bonchev–Trinajstić information content (AvgIpc) is 3.20. The Morgan fingerprint density at radius 2 is 1.97 bits per heavy atom. The van der Waals surface area contributed by atoms with E-state index in [1.165, 1.54) is 5.56 Å². The van der Waals surface area contributed by atoms with Gasteiger partial charge in [0.2, 0.25) is 0 Å². The Morgan fingerprint density at radius 3 is 2.70 bits per heavy atom. The summed E-state index contributed by atoms with van der Waals surface area (Å²) in [7, 11) is 0. The van der Waals surface area contributed by atoms with Crippen LogP contribution >= 0.6 is 0 Å². The SMILES string of the molecule is Cc1cc(CC2CCOCC2)ncc1-c1cnn(-c2ccc(=O)n(CC(C)C)c2)c1. The van der Waals surface area contributed by atoms with Gasteiger partial charge in [-0.2, -0.15) is 5.10 Å². The summed E-state index contributed by atoms with van der Waals surface area (Å²) in [6.45, 7) is 8.76. The molecule has 0 atom stereocenters. The molecule has 6 heteroatoms. The number of nitrogens with zero attached hydrogens (tertiary/aromatic N) is 4. The van der Waals surface area contributed by atoms with Crippen LogP contribution in [-0.2, 0) is 17.7 Å². The molecule has 0 bridgehead atoms. The standard InChI is InChI=1S/C24H30N4O2/c1-17(2)14-27-16-22(4-5-24(27)29)28-15-20(12-26-28)23-13-25-21(10-18(23)3)11-19-6-8-30-9-7-19/h4-5,10,12-13,15-17,19H,6-9,11,14H2,1-3H3. The van der Waals surface area contributed by atoms with Crippen LogP contribution in [0.15, 0.2) is 47.8 Å². The molecule has 0 spiro atoms. The van der Waals surface area contributed by atoms with Crippen molar-refractivity contribution in [2.24, 2.45) is 11.8 Å². The second-order valence-electron chi connectivity index (χ2n) is 8.70. The molecule has 1 aliphatic rings. The second kappa shape index (κ2) is 8.96. The third kappa shape index (κ3) is 4.70. The molecule has 4 heterocycles. The lowest BCUT2D eigenvalue weighted by Gasteiger charge is -2.21. The van der Waals surface area contributed by atoms with Crippen LogP contribution < -0.4 is 5.56 Å². The number of hydrogen-bond acceptors (Lipinski definition) is 4. The number of aromatic nitrogens is 4. The van der Waals surface area contributed by atoms with Crippen molar-refractivity contribution in [3.8, 4) is 16.8 Å². The second-order valence-corrected chi connectivity index (χ2v) is 8.70. The van der Waals surface area contributed by atoms with E-state index < -0.39 is 0 Å². The molecule has 0 saturated carbocycles. The highest BCUT2D eigenvalue weighted by Gasteiger charge is 2.16. The first-order valence-corrected chi connectivity index (χ1v) is 10.8. The van der Waals surface area contributed by atoms with Crippen molar-refractivity contribution in [1.82, 2.24) is 19.3 Å². The Labute approximate surface area is 177 Å². The van der Waals surface area contributed by atoms with Gasteiger partial charge in [-0.1, -0.05) is 13.8 Å². The third-order valence-electron chi connectivity index (χ3n) is 5.69. The van der Waals surface area contributed by atoms with Crippen LogP contribution in [-0.4, -0.2) is 32.5 Å². The summed E-state index contributed by atoms with van der Waals surface area (Å²) >= 11 is 0. The average molecular weight is 407 g/mol. The van der Waals surface area contributed by atoms with Gasteiger partial charge < -0.3 is 9.30 Å². The highest BCUT2D eigenvalue weighted by atomic mass is 16.5. The molecular weight excluding hydrogens is 376 g/mol. The van der Waals surface area contributed by atoms with Gasteiger partial charge in [0.05, 0.1) is 11.9 Å². The first kappa shape index (κ1) is 20.5. The van der Waals surface area contributed by atoms with E-state index in [0.717, 1.165) is 55.0 Å². The highest BCUT2D eigenvalue weighted by Crippen LogP contribution is 2.25. The fourth-order valence-electron chi connectivity index (χ4n) is 4.07. The number of hydrogen-bond donors (Lipinski definition) is 0. The van der Waals surface area contributed by atoms with Gasteiger partial charge in [0.15, 0.2) is 0 Å². The Balaban J connectivity index is 1.54. The van der Waals surface area contributed by atoms with Gasteiger partial charge in [-0.15, -0.1) is 0 Å². The van der Waals surface area contributed by atoms with Crippen molar-refractivity contribution >= 4 is 0 Å². The fraction of sp³-hybridized carbons (Fsp3) is 0.458. The lowest BCUT2D eigenvalue weighted by Crippen LogP contribution is -2.21. The van der Waals surface area contributed by atoms with E-state index in [2.05, 4.69) is 31.9 Å². The Hall–Kier alpha value is -2.73. The van der Waals surface area contributed by atoms with E-state index in [1.807, 2.05) is 35.5 Å². The molecule has 30 heavy (non-hydrogen) atoms. The van der Waals surface area contributed by atoms with Gasteiger partial charge in [-0.3, -0.25) is 9.78 Å². The Bertz CT molecular complexity index is 1060. The van der Waals surface area contributed by atoms with E-state index in [4.69, 9.17) is 9.72 Å². The predicted octanol–water partition coefficient (Wildman–Crippen LogP) is 4.03. The van der Waals surface area contributed by atoms with Crippen LogP contribution in [0.5, 0.6) is 0 Å². The van der Waals surface area contributed by atoms with Crippen molar-refractivity contribution in [2.75, 3.05) is 13.2 Å². The summed E-state index contributed by atoms with van der Waals surface area (Å²) in [4.78, 5) is 16.8. The molecule has 0 N–H and O–H groups in total. The van der Waals surface area contributed by atoms with Gasteiger partial charge in [0.25, 0.3) is 5.56 Å². The molecule has 1 aliphatic heterocycles. The van der Waals surface area contributed by atoms with Gasteiger partial charge in [-0.05, 0) is 55.7 Å². The summed E-state index contributed by atoms with van der Waals surface area (Å²) in [5.74, 6) is 1.07. The molecule has 3 aromatic rings. The van der Waals surface area contributed by atoms with Crippen molar-refractivity contribution < 1.29 is 4.74 Å². The van der Waals surface area contributed by atoms with Crippen molar-refractivity contribution in [3.05, 3.63) is 64.6 Å². The number of ether oxygens (including phenoxy) is 1. The minimum atomic E-state index is 0.0139. The predicted molar refractivity (Wildman–Crippen MR) is 118 cm³/mol. The summed E-state index contributed by atoms with van der Waals surface area (Å²) in [6, 6.07) is 5.62. The molecule has 0 amide bonds. The van der Waals surface area contributed by atoms with E-state index in [9.17, 15) is 4.79 Å². The lowest BCUT2D eigenvalue weighted by molar-refractivity contribution is 0.0663. The zero-order valence-electron chi connectivity index (χ0n) is 18.0. The van der Waals surface area contributed by atoms with E-state index in [1.54, 1.807) is 10.6 Å². The fourth-order valence-corrected chi connectivity index (χ4v) is 4.07. The largest absolute Gasteiger partial charge is 0.381 e. The molecule has 0 unspecified atom stereocenters. The zero-order valence-corrected chi connectivity index (χ0v) is 18.0. The summed E-state index contributed by atoms with van der Waals surface area (Å²) < 4.78 is 9.03. The molecule has 1 fully saturated rings. The van der Waals surface area contributed by atoms with Gasteiger partial charge >= 0.3 is 0 Å². The van der Waals surface area contributed by atoms with E-state index >= 15 is 0 Å². The molecule has 4 rings (SSSR count). The number of aryl methyl sites for hydroxylation is 1. The van der Waals surface area contributed by atoms with Gasteiger partial charge in [0.1, 0.15) is 0 Å². The monoisotopic (exact) mass is 406 g/mol. The van der Waals surface area contributed by atoms with Crippen molar-refractivity contribution in [2.45, 2.75) is 46.6 Å². The highest BCUT2D eigenvalue weighted by molar-refractivity contribution is 5.65. The van der Waals surface area contributed by atoms with Crippen LogP contribution in [0.25, 0.3) is 16.8 Å². The Kier molecular flexibility index (Phi) is 6.13. The molecule has 0 aromatic carbocycles. The molecule has 3 aromatic heterocycles. The van der Waals surface area contributed by atoms with Crippen LogP contribution in [0.2, 0.25) is 0 Å². The third-order valence-corrected chi connectivity index (χ3v) is 5.69. The summed E-state index contributed by atoms with van der Waals surface area (Å²) in [5.41, 5.74) is 5.36. The van der Waals surface area contributed by atoms with E-state index in [-0.39, 0.29) is 5.56 Å². The van der Waals surface area contributed by atoms with Crippen molar-refractivity contribution in [1.29, 1.82) is 0 Å². The minimum absolute atomic E-state index is 0.0139. The minimum Gasteiger partial charge on any atom is -0.381 e. The smallest absolute Gasteiger partial charge is 0.250 e. The van der Waals surface area contributed by atoms with Gasteiger partial charge in [0, 0.05) is 61.2 Å². The number of pyridine rings is 2. The van der Waals surface area contributed by atoms with Gasteiger partial charge in [-0.25, -0.2) is 4.68 Å². The normalized spacial score (nSPS) is 15.1. The van der Waals surface area contributed by atoms with Crippen LogP contribution in [0, 0.1) is 18.8 Å². The zero-order chi connectivity index (χ0) is 21.1. The molecule has 0 radical (unpaired) electrons.